The van der Waals surface area contributed by atoms with E-state index in [1.807, 2.05) is 0 Å². The van der Waals surface area contributed by atoms with E-state index in [-0.39, 0.29) is 0 Å². The second-order valence-electron chi connectivity index (χ2n) is 20.2. The van der Waals surface area contributed by atoms with Gasteiger partial charge in [0.1, 0.15) is 23.0 Å². The topological polar surface area (TPSA) is 21.7 Å². The van der Waals surface area contributed by atoms with Crippen LogP contribution in [0.1, 0.15) is 44.5 Å². The Bertz CT molecular complexity index is 4220. The Kier molecular flexibility index (Phi) is 8.88. The van der Waals surface area contributed by atoms with Crippen molar-refractivity contribution < 1.29 is 9.47 Å². The van der Waals surface area contributed by atoms with E-state index in [4.69, 9.17) is 9.47 Å². The molecule has 0 saturated heterocycles. The van der Waals surface area contributed by atoms with Gasteiger partial charge in [0.15, 0.2) is 0 Å². The number of fused-ring (bicyclic) bond motifs is 19. The highest BCUT2D eigenvalue weighted by Gasteiger charge is 2.53. The van der Waals surface area contributed by atoms with Crippen molar-refractivity contribution in [2.75, 3.05) is 4.90 Å². The van der Waals surface area contributed by atoms with Gasteiger partial charge in [0, 0.05) is 39.2 Å². The summed E-state index contributed by atoms with van der Waals surface area (Å²) in [6.45, 7) is 0. The van der Waals surface area contributed by atoms with E-state index in [1.54, 1.807) is 0 Å². The van der Waals surface area contributed by atoms with Crippen molar-refractivity contribution in [3.63, 3.8) is 0 Å². The van der Waals surface area contributed by atoms with E-state index in [1.165, 1.54) is 66.6 Å². The van der Waals surface area contributed by atoms with Crippen molar-refractivity contribution in [3.05, 3.63) is 317 Å². The highest BCUT2D eigenvalue weighted by molar-refractivity contribution is 6.02. The first-order valence-corrected chi connectivity index (χ1v) is 25.9. The number of benzene rings is 12. The number of nitrogens with zero attached hydrogens (tertiary/aromatic N) is 1. The lowest BCUT2D eigenvalue weighted by Gasteiger charge is -2.39. The van der Waals surface area contributed by atoms with Crippen LogP contribution in [0.3, 0.4) is 0 Å². The molecule has 0 radical (unpaired) electrons. The Morgan fingerprint density at radius 1 is 0.253 bits per heavy atom. The maximum Gasteiger partial charge on any atom is 0.132 e. The minimum atomic E-state index is -0.613. The molecular weight excluding hydrogens is 911 g/mol. The van der Waals surface area contributed by atoms with Crippen LogP contribution in [0, 0.1) is 0 Å². The molecule has 0 fully saturated rings. The fourth-order valence-electron chi connectivity index (χ4n) is 13.5. The number of hydrogen-bond donors (Lipinski definition) is 0. The first-order chi connectivity index (χ1) is 37.2. The molecule has 3 heteroatoms. The highest BCUT2D eigenvalue weighted by Crippen LogP contribution is 2.65. The van der Waals surface area contributed by atoms with Gasteiger partial charge in [-0.3, -0.25) is 0 Å². The quantitative estimate of drug-likeness (QED) is 0.172. The average molecular weight is 956 g/mol. The summed E-state index contributed by atoms with van der Waals surface area (Å²) in [7, 11) is 0. The number of hydrogen-bond acceptors (Lipinski definition) is 3. The summed E-state index contributed by atoms with van der Waals surface area (Å²) in [5, 5.41) is 2.35. The standard InChI is InChI=1S/C72H45NO2/c1-2-17-46(18-3-1)47-33-35-48(36-34-47)49-37-40-52(41-38-49)73(65-28-16-27-63-70(65)55-20-5-7-22-58(55)71(63)59-23-8-12-29-66(59)74-67-30-13-9-24-60(67)71)53-42-39-50-44-56-54-19-4-6-21-57(54)72(64(56)45-51(50)43-53)61-25-10-14-31-68(61)75-69-32-15-11-26-62(69)72/h1-45H. The number of rotatable bonds is 5. The molecule has 3 nitrogen and oxygen atoms in total. The molecular formula is C72H45NO2. The number of ether oxygens (including phenoxy) is 2. The van der Waals surface area contributed by atoms with Crippen LogP contribution >= 0.6 is 0 Å². The molecule has 4 aliphatic rings. The third kappa shape index (κ3) is 5.81. The van der Waals surface area contributed by atoms with Gasteiger partial charge in [-0.1, -0.05) is 206 Å². The molecule has 0 aromatic heterocycles. The zero-order chi connectivity index (χ0) is 49.2. The summed E-state index contributed by atoms with van der Waals surface area (Å²) in [5.74, 6) is 3.54. The predicted molar refractivity (Wildman–Crippen MR) is 304 cm³/mol. The van der Waals surface area contributed by atoms with Crippen LogP contribution in [-0.2, 0) is 10.8 Å². The fraction of sp³-hybridized carbons (Fsp3) is 0.0278. The van der Waals surface area contributed by atoms with Gasteiger partial charge in [0.05, 0.1) is 16.5 Å². The van der Waals surface area contributed by atoms with Crippen molar-refractivity contribution in [2.24, 2.45) is 0 Å². The van der Waals surface area contributed by atoms with E-state index < -0.39 is 10.8 Å². The van der Waals surface area contributed by atoms with Gasteiger partial charge in [-0.05, 0) is 139 Å². The van der Waals surface area contributed by atoms with Gasteiger partial charge in [0.25, 0.3) is 0 Å². The van der Waals surface area contributed by atoms with Crippen LogP contribution in [0.5, 0.6) is 23.0 Å². The molecule has 350 valence electrons. The Morgan fingerprint density at radius 3 is 1.25 bits per heavy atom. The highest BCUT2D eigenvalue weighted by atomic mass is 16.5. The van der Waals surface area contributed by atoms with Crippen molar-refractivity contribution in [1.29, 1.82) is 0 Å². The zero-order valence-corrected chi connectivity index (χ0v) is 40.7. The monoisotopic (exact) mass is 955 g/mol. The molecule has 0 bridgehead atoms. The minimum Gasteiger partial charge on any atom is -0.457 e. The summed E-state index contributed by atoms with van der Waals surface area (Å²) >= 11 is 0. The second-order valence-corrected chi connectivity index (χ2v) is 20.2. The summed E-state index contributed by atoms with van der Waals surface area (Å²) < 4.78 is 13.5. The summed E-state index contributed by atoms with van der Waals surface area (Å²) in [6, 6.07) is 100.0. The maximum atomic E-state index is 6.74. The molecule has 0 amide bonds. The van der Waals surface area contributed by atoms with Gasteiger partial charge in [0.2, 0.25) is 0 Å². The molecule has 12 aromatic carbocycles. The molecule has 0 unspecified atom stereocenters. The second kappa shape index (κ2) is 15.9. The van der Waals surface area contributed by atoms with Crippen LogP contribution in [0.15, 0.2) is 273 Å². The lowest BCUT2D eigenvalue weighted by Crippen LogP contribution is -2.32. The van der Waals surface area contributed by atoms with Crippen molar-refractivity contribution in [2.45, 2.75) is 10.8 Å². The van der Waals surface area contributed by atoms with Crippen LogP contribution in [0.25, 0.3) is 55.3 Å². The number of para-hydroxylation sites is 4. The lowest BCUT2D eigenvalue weighted by atomic mass is 9.66. The van der Waals surface area contributed by atoms with Crippen LogP contribution in [0.4, 0.5) is 17.1 Å². The van der Waals surface area contributed by atoms with Crippen LogP contribution in [0.2, 0.25) is 0 Å². The zero-order valence-electron chi connectivity index (χ0n) is 40.7. The Labute approximate surface area is 435 Å². The Hall–Kier alpha value is -9.70. The van der Waals surface area contributed by atoms with E-state index in [0.29, 0.717) is 0 Å². The minimum absolute atomic E-state index is 0.578. The van der Waals surface area contributed by atoms with Crippen molar-refractivity contribution >= 4 is 27.8 Å². The molecule has 2 aliphatic heterocycles. The predicted octanol–water partition coefficient (Wildman–Crippen LogP) is 18.6. The van der Waals surface area contributed by atoms with Crippen LogP contribution in [-0.4, -0.2) is 0 Å². The summed E-state index contributed by atoms with van der Waals surface area (Å²) in [6.07, 6.45) is 0. The number of anilines is 3. The van der Waals surface area contributed by atoms with Gasteiger partial charge in [-0.15, -0.1) is 0 Å². The van der Waals surface area contributed by atoms with Gasteiger partial charge < -0.3 is 14.4 Å². The largest absolute Gasteiger partial charge is 0.457 e. The summed E-state index contributed by atoms with van der Waals surface area (Å²) in [5.41, 5.74) is 21.4. The third-order valence-electron chi connectivity index (χ3n) is 16.6. The Balaban J connectivity index is 0.927. The van der Waals surface area contributed by atoms with Crippen molar-refractivity contribution in [1.82, 2.24) is 0 Å². The first kappa shape index (κ1) is 41.9. The summed E-state index contributed by atoms with van der Waals surface area (Å²) in [4.78, 5) is 2.49. The van der Waals surface area contributed by atoms with E-state index in [0.717, 1.165) is 73.3 Å². The smallest absolute Gasteiger partial charge is 0.132 e. The SMILES string of the molecule is c1ccc(-c2ccc(-c3ccc(N(c4ccc5cc6c(cc5c4)C4(c5ccccc5Oc5ccccc54)c4ccccc4-6)c4cccc5c4-c4ccccc4C54c5ccccc5Oc5ccccc54)cc3)cc2)cc1. The van der Waals surface area contributed by atoms with E-state index in [2.05, 4.69) is 278 Å². The molecule has 0 N–H and O–H groups in total. The lowest BCUT2D eigenvalue weighted by molar-refractivity contribution is 0.436. The van der Waals surface area contributed by atoms with Crippen LogP contribution < -0.4 is 14.4 Å². The fourth-order valence-corrected chi connectivity index (χ4v) is 13.5. The molecule has 12 aromatic rings. The molecule has 2 heterocycles. The third-order valence-corrected chi connectivity index (χ3v) is 16.6. The first-order valence-electron chi connectivity index (χ1n) is 25.9. The van der Waals surface area contributed by atoms with E-state index >= 15 is 0 Å². The molecule has 0 atom stereocenters. The van der Waals surface area contributed by atoms with Gasteiger partial charge in [-0.2, -0.15) is 0 Å². The van der Waals surface area contributed by atoms with E-state index in [9.17, 15) is 0 Å². The maximum absolute atomic E-state index is 6.74. The Morgan fingerprint density at radius 2 is 0.680 bits per heavy atom. The van der Waals surface area contributed by atoms with Gasteiger partial charge in [-0.25, -0.2) is 0 Å². The van der Waals surface area contributed by atoms with Crippen molar-refractivity contribution in [3.8, 4) is 67.5 Å². The molecule has 16 rings (SSSR count). The normalized spacial score (nSPS) is 14.0. The van der Waals surface area contributed by atoms with Gasteiger partial charge >= 0.3 is 0 Å². The molecule has 75 heavy (non-hydrogen) atoms. The average Bonchev–Trinajstić information content (AvgIpc) is 3.93. The molecule has 2 spiro atoms. The molecule has 0 saturated carbocycles. The molecule has 2 aliphatic carbocycles.